The Morgan fingerprint density at radius 3 is 1.46 bits per heavy atom. The van der Waals surface area contributed by atoms with E-state index >= 15 is 0 Å². The zero-order valence-electron chi connectivity index (χ0n) is 13.4. The quantitative estimate of drug-likeness (QED) is 0.510. The first kappa shape index (κ1) is 16.4. The molecular weight excluding hydrogens is 319 g/mol. The van der Waals surface area contributed by atoms with Gasteiger partial charge >= 0.3 is 7.60 Å². The maximum absolute atomic E-state index is 13.6. The van der Waals surface area contributed by atoms with Crippen molar-refractivity contribution in [3.8, 4) is 11.5 Å². The van der Waals surface area contributed by atoms with E-state index in [0.717, 1.165) is 5.56 Å². The van der Waals surface area contributed by atoms with E-state index in [2.05, 4.69) is 0 Å². The van der Waals surface area contributed by atoms with Crippen molar-refractivity contribution in [2.75, 3.05) is 0 Å². The zero-order chi connectivity index (χ0) is 16.8. The second kappa shape index (κ2) is 7.37. The van der Waals surface area contributed by atoms with Gasteiger partial charge in [0.2, 0.25) is 0 Å². The third kappa shape index (κ3) is 3.87. The molecular formula is C20H19O3P. The zero-order valence-corrected chi connectivity index (χ0v) is 14.3. The second-order valence-corrected chi connectivity index (χ2v) is 7.65. The molecule has 0 spiro atoms. The third-order valence-corrected chi connectivity index (χ3v) is 5.89. The molecule has 0 aliphatic heterocycles. The fourth-order valence-corrected chi connectivity index (χ4v) is 4.07. The largest absolute Gasteiger partial charge is 0.437 e. The molecule has 0 saturated heterocycles. The standard InChI is InChI=1S/C20H19O3P/c1-17(18-11-5-2-6-12-18)24(21,22-19-13-7-3-8-14-19)23-20-15-9-4-10-16-20/h2-17H,1H3. The lowest BCUT2D eigenvalue weighted by molar-refractivity contribution is 0.375. The predicted molar refractivity (Wildman–Crippen MR) is 96.6 cm³/mol. The van der Waals surface area contributed by atoms with Gasteiger partial charge in [0.25, 0.3) is 0 Å². The molecule has 0 aliphatic carbocycles. The molecule has 0 bridgehead atoms. The summed E-state index contributed by atoms with van der Waals surface area (Å²) < 4.78 is 25.3. The summed E-state index contributed by atoms with van der Waals surface area (Å²) in [6, 6.07) is 27.9. The Labute approximate surface area is 142 Å². The van der Waals surface area contributed by atoms with E-state index in [-0.39, 0.29) is 0 Å². The van der Waals surface area contributed by atoms with Gasteiger partial charge in [-0.1, -0.05) is 66.7 Å². The maximum atomic E-state index is 13.6. The summed E-state index contributed by atoms with van der Waals surface area (Å²) in [6.45, 7) is 1.86. The number of hydrogen-bond acceptors (Lipinski definition) is 3. The van der Waals surface area contributed by atoms with E-state index in [1.807, 2.05) is 73.7 Å². The van der Waals surface area contributed by atoms with Gasteiger partial charge in [-0.2, -0.15) is 0 Å². The minimum Gasteiger partial charge on any atom is -0.416 e. The molecule has 0 N–H and O–H groups in total. The Balaban J connectivity index is 1.95. The van der Waals surface area contributed by atoms with Crippen LogP contribution in [0.1, 0.15) is 18.1 Å². The smallest absolute Gasteiger partial charge is 0.416 e. The summed E-state index contributed by atoms with van der Waals surface area (Å²) >= 11 is 0. The lowest BCUT2D eigenvalue weighted by Gasteiger charge is -2.25. The molecule has 0 heterocycles. The van der Waals surface area contributed by atoms with E-state index in [0.29, 0.717) is 11.5 Å². The Morgan fingerprint density at radius 2 is 1.04 bits per heavy atom. The van der Waals surface area contributed by atoms with Crippen LogP contribution in [0.15, 0.2) is 91.0 Å². The highest BCUT2D eigenvalue weighted by Gasteiger charge is 2.37. The topological polar surface area (TPSA) is 35.5 Å². The van der Waals surface area contributed by atoms with Crippen LogP contribution in [0.5, 0.6) is 11.5 Å². The van der Waals surface area contributed by atoms with Gasteiger partial charge in [-0.15, -0.1) is 0 Å². The van der Waals surface area contributed by atoms with Crippen LogP contribution >= 0.6 is 7.60 Å². The van der Waals surface area contributed by atoms with Crippen molar-refractivity contribution in [3.05, 3.63) is 96.6 Å². The number of benzene rings is 3. The van der Waals surface area contributed by atoms with Crippen molar-refractivity contribution in [2.24, 2.45) is 0 Å². The SMILES string of the molecule is CC(c1ccccc1)P(=O)(Oc1ccccc1)Oc1ccccc1. The highest BCUT2D eigenvalue weighted by atomic mass is 31.2. The average Bonchev–Trinajstić information content (AvgIpc) is 2.63. The molecule has 4 heteroatoms. The summed E-state index contributed by atoms with van der Waals surface area (Å²) in [7, 11) is -3.48. The molecule has 0 radical (unpaired) electrons. The fraction of sp³-hybridized carbons (Fsp3) is 0.100. The van der Waals surface area contributed by atoms with E-state index in [9.17, 15) is 4.57 Å². The van der Waals surface area contributed by atoms with Crippen LogP contribution in [-0.4, -0.2) is 0 Å². The molecule has 0 fully saturated rings. The summed E-state index contributed by atoms with van der Waals surface area (Å²) in [5, 5.41) is 0. The van der Waals surface area contributed by atoms with Gasteiger partial charge in [-0.25, -0.2) is 4.57 Å². The van der Waals surface area contributed by atoms with E-state index in [1.165, 1.54) is 0 Å². The van der Waals surface area contributed by atoms with Crippen LogP contribution in [0, 0.1) is 0 Å². The predicted octanol–water partition coefficient (Wildman–Crippen LogP) is 6.10. The van der Waals surface area contributed by atoms with Crippen LogP contribution in [-0.2, 0) is 4.57 Å². The summed E-state index contributed by atoms with van der Waals surface area (Å²) in [6.07, 6.45) is 0. The minimum absolute atomic E-state index is 0.404. The van der Waals surface area contributed by atoms with E-state index < -0.39 is 13.3 Å². The van der Waals surface area contributed by atoms with Crippen LogP contribution in [0.3, 0.4) is 0 Å². The Bertz CT molecular complexity index is 759. The fourth-order valence-electron chi connectivity index (χ4n) is 2.35. The molecule has 1 unspecified atom stereocenters. The molecule has 122 valence electrons. The van der Waals surface area contributed by atoms with Gasteiger partial charge in [-0.3, -0.25) is 0 Å². The molecule has 24 heavy (non-hydrogen) atoms. The van der Waals surface area contributed by atoms with E-state index in [1.54, 1.807) is 24.3 Å². The Morgan fingerprint density at radius 1 is 0.667 bits per heavy atom. The number of para-hydroxylation sites is 2. The lowest BCUT2D eigenvalue weighted by atomic mass is 10.2. The summed E-state index contributed by atoms with van der Waals surface area (Å²) in [4.78, 5) is 0. The first-order valence-corrected chi connectivity index (χ1v) is 9.42. The van der Waals surface area contributed by atoms with Gasteiger partial charge < -0.3 is 9.05 Å². The van der Waals surface area contributed by atoms with E-state index in [4.69, 9.17) is 9.05 Å². The van der Waals surface area contributed by atoms with Crippen molar-refractivity contribution < 1.29 is 13.6 Å². The molecule has 3 aromatic rings. The number of hydrogen-bond donors (Lipinski definition) is 0. The lowest BCUT2D eigenvalue weighted by Crippen LogP contribution is -2.08. The Hall–Kier alpha value is -2.51. The monoisotopic (exact) mass is 338 g/mol. The Kier molecular flexibility index (Phi) is 5.02. The number of rotatable bonds is 6. The van der Waals surface area contributed by atoms with Crippen LogP contribution in [0.2, 0.25) is 0 Å². The third-order valence-electron chi connectivity index (χ3n) is 3.71. The molecule has 3 rings (SSSR count). The van der Waals surface area contributed by atoms with Crippen molar-refractivity contribution in [1.82, 2.24) is 0 Å². The highest BCUT2D eigenvalue weighted by molar-refractivity contribution is 7.55. The maximum Gasteiger partial charge on any atom is 0.437 e. The van der Waals surface area contributed by atoms with Gasteiger partial charge in [-0.05, 0) is 36.8 Å². The van der Waals surface area contributed by atoms with Crippen molar-refractivity contribution in [3.63, 3.8) is 0 Å². The molecule has 0 aliphatic rings. The summed E-state index contributed by atoms with van der Waals surface area (Å²) in [5.41, 5.74) is 0.506. The first-order valence-electron chi connectivity index (χ1n) is 7.81. The normalized spacial score (nSPS) is 12.4. The van der Waals surface area contributed by atoms with Crippen LogP contribution in [0.4, 0.5) is 0 Å². The van der Waals surface area contributed by atoms with Gasteiger partial charge in [0.05, 0.1) is 0 Å². The first-order chi connectivity index (χ1) is 11.7. The van der Waals surface area contributed by atoms with Crippen molar-refractivity contribution in [2.45, 2.75) is 12.6 Å². The molecule has 3 nitrogen and oxygen atoms in total. The molecule has 1 atom stereocenters. The van der Waals surface area contributed by atoms with Crippen LogP contribution < -0.4 is 9.05 Å². The van der Waals surface area contributed by atoms with Crippen LogP contribution in [0.25, 0.3) is 0 Å². The minimum atomic E-state index is -3.48. The summed E-state index contributed by atoms with van der Waals surface area (Å²) in [5.74, 6) is 1.05. The second-order valence-electron chi connectivity index (χ2n) is 5.44. The van der Waals surface area contributed by atoms with Gasteiger partial charge in [0.15, 0.2) is 0 Å². The molecule has 3 aromatic carbocycles. The molecule has 0 saturated carbocycles. The van der Waals surface area contributed by atoms with Gasteiger partial charge in [0.1, 0.15) is 17.2 Å². The van der Waals surface area contributed by atoms with Gasteiger partial charge in [0, 0.05) is 0 Å². The average molecular weight is 338 g/mol. The van der Waals surface area contributed by atoms with Crippen molar-refractivity contribution in [1.29, 1.82) is 0 Å². The highest BCUT2D eigenvalue weighted by Crippen LogP contribution is 2.59. The molecule has 0 amide bonds. The molecule has 0 aromatic heterocycles. The van der Waals surface area contributed by atoms with Crippen molar-refractivity contribution >= 4 is 7.60 Å².